The maximum absolute atomic E-state index is 11.7. The summed E-state index contributed by atoms with van der Waals surface area (Å²) in [7, 11) is 0. The van der Waals surface area contributed by atoms with E-state index in [4.69, 9.17) is 34.5 Å². The van der Waals surface area contributed by atoms with E-state index in [9.17, 15) is 14.4 Å². The fourth-order valence-corrected chi connectivity index (χ4v) is 2.62. The van der Waals surface area contributed by atoms with Crippen molar-refractivity contribution in [2.75, 3.05) is 72.6 Å². The maximum Gasteiger partial charge on any atom is 0.320 e. The number of rotatable bonds is 26. The highest BCUT2D eigenvalue weighted by molar-refractivity contribution is 5.77. The van der Waals surface area contributed by atoms with Crippen LogP contribution in [0.5, 0.6) is 0 Å². The third-order valence-corrected chi connectivity index (χ3v) is 4.68. The van der Waals surface area contributed by atoms with Gasteiger partial charge in [-0.25, -0.2) is 0 Å². The van der Waals surface area contributed by atoms with Gasteiger partial charge in [0.2, 0.25) is 5.91 Å². The van der Waals surface area contributed by atoms with Crippen LogP contribution in [-0.2, 0) is 38.1 Å². The summed E-state index contributed by atoms with van der Waals surface area (Å²) in [6.07, 6.45) is 3.92. The second kappa shape index (κ2) is 24.5. The van der Waals surface area contributed by atoms with Crippen LogP contribution < -0.4 is 11.1 Å². The van der Waals surface area contributed by atoms with E-state index in [1.165, 1.54) is 0 Å². The smallest absolute Gasteiger partial charge is 0.320 e. The van der Waals surface area contributed by atoms with E-state index >= 15 is 0 Å². The highest BCUT2D eigenvalue weighted by Gasteiger charge is 2.10. The molecule has 0 heterocycles. The van der Waals surface area contributed by atoms with Gasteiger partial charge in [0.1, 0.15) is 11.8 Å². The molecule has 11 heteroatoms. The summed E-state index contributed by atoms with van der Waals surface area (Å²) in [5.74, 6) is -0.843. The topological polar surface area (TPSA) is 156 Å². The Labute approximate surface area is 203 Å². The lowest BCUT2D eigenvalue weighted by atomic mass is 10.1. The third kappa shape index (κ3) is 23.5. The average molecular weight is 493 g/mol. The monoisotopic (exact) mass is 492 g/mol. The Balaban J connectivity index is 3.20. The van der Waals surface area contributed by atoms with Gasteiger partial charge in [0.15, 0.2) is 0 Å². The first-order valence-corrected chi connectivity index (χ1v) is 12.1. The summed E-state index contributed by atoms with van der Waals surface area (Å²) in [5.41, 5.74) is 5.41. The van der Waals surface area contributed by atoms with Crippen molar-refractivity contribution in [1.82, 2.24) is 5.32 Å². The number of carboxylic acids is 1. The van der Waals surface area contributed by atoms with Crippen LogP contribution in [0.25, 0.3) is 0 Å². The normalized spacial score (nSPS) is 11.9. The fourth-order valence-electron chi connectivity index (χ4n) is 2.62. The molecule has 34 heavy (non-hydrogen) atoms. The predicted molar refractivity (Wildman–Crippen MR) is 126 cm³/mol. The number of amides is 1. The first-order chi connectivity index (χ1) is 16.5. The Morgan fingerprint density at radius 3 is 1.74 bits per heavy atom. The molecular formula is C23H44N2O9. The lowest BCUT2D eigenvalue weighted by Crippen LogP contribution is -2.30. The van der Waals surface area contributed by atoms with Crippen molar-refractivity contribution in [1.29, 1.82) is 0 Å². The van der Waals surface area contributed by atoms with Crippen LogP contribution in [0.2, 0.25) is 0 Å². The number of carbonyl (C=O) groups excluding carboxylic acids is 2. The lowest BCUT2D eigenvalue weighted by molar-refractivity contribution is -0.138. The van der Waals surface area contributed by atoms with Gasteiger partial charge in [0, 0.05) is 32.4 Å². The van der Waals surface area contributed by atoms with Crippen molar-refractivity contribution in [2.24, 2.45) is 5.73 Å². The van der Waals surface area contributed by atoms with Gasteiger partial charge in [-0.3, -0.25) is 14.4 Å². The van der Waals surface area contributed by atoms with Crippen LogP contribution in [0, 0.1) is 0 Å². The van der Waals surface area contributed by atoms with E-state index in [0.717, 1.165) is 6.42 Å². The van der Waals surface area contributed by atoms with Gasteiger partial charge in [0.05, 0.1) is 59.5 Å². The molecule has 0 spiro atoms. The number of unbranched alkanes of at least 4 members (excludes halogenated alkanes) is 1. The molecule has 1 unspecified atom stereocenters. The maximum atomic E-state index is 11.7. The zero-order chi connectivity index (χ0) is 25.3. The largest absolute Gasteiger partial charge is 0.480 e. The molecule has 0 rings (SSSR count). The number of nitrogens with one attached hydrogen (secondary N) is 1. The SMILES string of the molecule is CCC(=O)CCCOCCOCCOCCOCCOCCC(=O)NCCCCC(N)C(=O)O. The van der Waals surface area contributed by atoms with Gasteiger partial charge in [-0.05, 0) is 25.7 Å². The Hall–Kier alpha value is -1.63. The van der Waals surface area contributed by atoms with Crippen LogP contribution in [0.4, 0.5) is 0 Å². The van der Waals surface area contributed by atoms with Crippen molar-refractivity contribution < 1.29 is 43.2 Å². The highest BCUT2D eigenvalue weighted by Crippen LogP contribution is 1.98. The molecule has 0 aromatic rings. The minimum Gasteiger partial charge on any atom is -0.480 e. The number of ketones is 1. The quantitative estimate of drug-likeness (QED) is 0.148. The molecule has 0 fully saturated rings. The molecule has 1 amide bonds. The lowest BCUT2D eigenvalue weighted by Gasteiger charge is -2.08. The number of nitrogens with two attached hydrogens (primary N) is 1. The molecule has 4 N–H and O–H groups in total. The zero-order valence-corrected chi connectivity index (χ0v) is 20.6. The molecule has 0 bridgehead atoms. The predicted octanol–water partition coefficient (Wildman–Crippen LogP) is 0.917. The molecule has 0 aromatic carbocycles. The van der Waals surface area contributed by atoms with Gasteiger partial charge in [-0.15, -0.1) is 0 Å². The molecule has 0 aromatic heterocycles. The van der Waals surface area contributed by atoms with E-state index in [2.05, 4.69) is 5.32 Å². The minimum atomic E-state index is -1.00. The molecule has 0 aliphatic rings. The Kier molecular flexibility index (Phi) is 23.3. The van der Waals surface area contributed by atoms with Gasteiger partial charge < -0.3 is 39.8 Å². The van der Waals surface area contributed by atoms with Crippen molar-refractivity contribution in [3.8, 4) is 0 Å². The molecule has 11 nitrogen and oxygen atoms in total. The van der Waals surface area contributed by atoms with Crippen molar-refractivity contribution >= 4 is 17.7 Å². The molecule has 0 aliphatic carbocycles. The Bertz CT molecular complexity index is 521. The van der Waals surface area contributed by atoms with Crippen molar-refractivity contribution in [3.63, 3.8) is 0 Å². The number of hydrogen-bond acceptors (Lipinski definition) is 9. The van der Waals surface area contributed by atoms with E-state index in [-0.39, 0.29) is 18.1 Å². The standard InChI is InChI=1S/C23H44N2O9/c1-2-20(26)6-5-10-30-12-14-32-16-18-34-19-17-33-15-13-31-11-8-22(27)25-9-4-3-7-21(24)23(28)29/h21H,2-19,24H2,1H3,(H,25,27)(H,28,29). The van der Waals surface area contributed by atoms with E-state index in [1.54, 1.807) is 0 Å². The van der Waals surface area contributed by atoms with Crippen molar-refractivity contribution in [2.45, 2.75) is 57.9 Å². The number of carboxylic acid groups (broad SMARTS) is 1. The first-order valence-electron chi connectivity index (χ1n) is 12.1. The van der Waals surface area contributed by atoms with Crippen LogP contribution in [0.1, 0.15) is 51.9 Å². The van der Waals surface area contributed by atoms with Gasteiger partial charge in [0.25, 0.3) is 0 Å². The zero-order valence-electron chi connectivity index (χ0n) is 20.6. The summed E-state index contributed by atoms with van der Waals surface area (Å²) < 4.78 is 26.9. The van der Waals surface area contributed by atoms with Crippen LogP contribution in [-0.4, -0.2) is 101 Å². The summed E-state index contributed by atoms with van der Waals surface area (Å²) >= 11 is 0. The van der Waals surface area contributed by atoms with Crippen LogP contribution >= 0.6 is 0 Å². The number of carbonyl (C=O) groups is 3. The van der Waals surface area contributed by atoms with Crippen LogP contribution in [0.15, 0.2) is 0 Å². The van der Waals surface area contributed by atoms with Gasteiger partial charge in [-0.2, -0.15) is 0 Å². The molecule has 200 valence electrons. The number of hydrogen-bond donors (Lipinski definition) is 3. The number of aliphatic carboxylic acids is 1. The van der Waals surface area contributed by atoms with E-state index < -0.39 is 12.0 Å². The fraction of sp³-hybridized carbons (Fsp3) is 0.870. The summed E-state index contributed by atoms with van der Waals surface area (Å²) in [6.45, 7) is 6.96. The summed E-state index contributed by atoms with van der Waals surface area (Å²) in [5, 5.41) is 11.4. The molecule has 0 aliphatic heterocycles. The first kappa shape index (κ1) is 32.4. The molecule has 1 atom stereocenters. The van der Waals surface area contributed by atoms with Gasteiger partial charge in [-0.1, -0.05) is 6.92 Å². The Morgan fingerprint density at radius 2 is 1.24 bits per heavy atom. The second-order valence-corrected chi connectivity index (χ2v) is 7.60. The summed E-state index contributed by atoms with van der Waals surface area (Å²) in [6, 6.07) is -0.844. The third-order valence-electron chi connectivity index (χ3n) is 4.68. The molecular weight excluding hydrogens is 448 g/mol. The van der Waals surface area contributed by atoms with Crippen LogP contribution in [0.3, 0.4) is 0 Å². The van der Waals surface area contributed by atoms with Crippen molar-refractivity contribution in [3.05, 3.63) is 0 Å². The number of Topliss-reactive ketones (excluding diaryl/α,β-unsaturated/α-hetero) is 1. The molecule has 0 saturated carbocycles. The van der Waals surface area contributed by atoms with E-state index in [0.29, 0.717) is 105 Å². The number of ether oxygens (including phenoxy) is 5. The summed E-state index contributed by atoms with van der Waals surface area (Å²) in [4.78, 5) is 33.4. The molecule has 0 saturated heterocycles. The second-order valence-electron chi connectivity index (χ2n) is 7.60. The van der Waals surface area contributed by atoms with Gasteiger partial charge >= 0.3 is 5.97 Å². The van der Waals surface area contributed by atoms with E-state index in [1.807, 2.05) is 6.92 Å². The Morgan fingerprint density at radius 1 is 0.735 bits per heavy atom. The highest BCUT2D eigenvalue weighted by atomic mass is 16.6. The molecule has 0 radical (unpaired) electrons. The minimum absolute atomic E-state index is 0.103. The average Bonchev–Trinajstić information content (AvgIpc) is 2.82.